The van der Waals surface area contributed by atoms with Crippen molar-refractivity contribution in [1.29, 1.82) is 0 Å². The highest BCUT2D eigenvalue weighted by Gasteiger charge is 2.05. The molecule has 4 nitrogen and oxygen atoms in total. The van der Waals surface area contributed by atoms with Crippen LogP contribution in [0.5, 0.6) is 17.2 Å². The number of hydrogen-bond donors (Lipinski definition) is 2. The maximum atomic E-state index is 10.1. The van der Waals surface area contributed by atoms with Crippen molar-refractivity contribution in [3.8, 4) is 17.2 Å². The van der Waals surface area contributed by atoms with E-state index in [1.54, 1.807) is 36.4 Å². The zero-order valence-corrected chi connectivity index (χ0v) is 20.0. The van der Waals surface area contributed by atoms with E-state index in [0.717, 1.165) is 12.2 Å². The fourth-order valence-electron chi connectivity index (χ4n) is 3.34. The zero-order valence-electron chi connectivity index (χ0n) is 18.5. The lowest BCUT2D eigenvalue weighted by Gasteiger charge is -2.13. The quantitative estimate of drug-likeness (QED) is 0.147. The summed E-state index contributed by atoms with van der Waals surface area (Å²) in [6, 6.07) is 10.2. The number of anilines is 1. The van der Waals surface area contributed by atoms with Gasteiger partial charge in [-0.05, 0) is 36.8 Å². The van der Waals surface area contributed by atoms with Crippen LogP contribution >= 0.6 is 23.2 Å². The molecule has 2 aromatic rings. The second kappa shape index (κ2) is 15.1. The molecule has 0 fully saturated rings. The molecule has 0 aliphatic rings. The predicted molar refractivity (Wildman–Crippen MR) is 131 cm³/mol. The third-order valence-electron chi connectivity index (χ3n) is 5.07. The standard InChI is InChI=1S/C25H35Cl2NO3/c1-2-3-4-5-6-7-8-9-10-11-14-30-22-12-13-25(29)24(18-22)28-19-31-23-16-20(26)15-21(27)17-23/h12-13,15-18,28-29H,2-11,14,19H2,1H3. The van der Waals surface area contributed by atoms with Crippen molar-refractivity contribution in [3.05, 3.63) is 46.4 Å². The number of ether oxygens (including phenoxy) is 2. The van der Waals surface area contributed by atoms with Crippen LogP contribution < -0.4 is 14.8 Å². The van der Waals surface area contributed by atoms with Crippen molar-refractivity contribution < 1.29 is 14.6 Å². The van der Waals surface area contributed by atoms with Crippen LogP contribution in [0.25, 0.3) is 0 Å². The highest BCUT2D eigenvalue weighted by molar-refractivity contribution is 6.34. The largest absolute Gasteiger partial charge is 0.506 e. The van der Waals surface area contributed by atoms with Crippen molar-refractivity contribution in [2.45, 2.75) is 71.1 Å². The van der Waals surface area contributed by atoms with Crippen molar-refractivity contribution in [2.24, 2.45) is 0 Å². The highest BCUT2D eigenvalue weighted by atomic mass is 35.5. The van der Waals surface area contributed by atoms with E-state index < -0.39 is 0 Å². The number of benzene rings is 2. The smallest absolute Gasteiger partial charge is 0.159 e. The van der Waals surface area contributed by atoms with Gasteiger partial charge in [0.25, 0.3) is 0 Å². The molecular formula is C25H35Cl2NO3. The van der Waals surface area contributed by atoms with Gasteiger partial charge in [0.1, 0.15) is 17.2 Å². The molecule has 0 bridgehead atoms. The Bertz CT molecular complexity index is 750. The number of phenols is 1. The van der Waals surface area contributed by atoms with Crippen LogP contribution in [0.3, 0.4) is 0 Å². The number of hydrogen-bond acceptors (Lipinski definition) is 4. The molecule has 6 heteroatoms. The molecule has 172 valence electrons. The number of nitrogens with one attached hydrogen (secondary N) is 1. The molecule has 0 saturated carbocycles. The van der Waals surface area contributed by atoms with Crippen LogP contribution in [0, 0.1) is 0 Å². The maximum absolute atomic E-state index is 10.1. The normalized spacial score (nSPS) is 10.8. The lowest BCUT2D eigenvalue weighted by molar-refractivity contribution is 0.303. The molecule has 0 radical (unpaired) electrons. The summed E-state index contributed by atoms with van der Waals surface area (Å²) < 4.78 is 11.4. The molecule has 2 aromatic carbocycles. The van der Waals surface area contributed by atoms with E-state index in [2.05, 4.69) is 12.2 Å². The Morgan fingerprint density at radius 3 is 2.00 bits per heavy atom. The monoisotopic (exact) mass is 467 g/mol. The molecule has 0 atom stereocenters. The van der Waals surface area contributed by atoms with Gasteiger partial charge in [0.15, 0.2) is 6.73 Å². The second-order valence-corrected chi connectivity index (χ2v) is 8.65. The Labute approximate surface area is 196 Å². The minimum atomic E-state index is 0.138. The van der Waals surface area contributed by atoms with Crippen LogP contribution in [0.1, 0.15) is 71.1 Å². The molecule has 0 aromatic heterocycles. The molecule has 0 aliphatic carbocycles. The summed E-state index contributed by atoms with van der Waals surface area (Å²) in [5.74, 6) is 1.42. The van der Waals surface area contributed by atoms with Gasteiger partial charge in [-0.15, -0.1) is 0 Å². The number of phenolic OH excluding ortho intramolecular Hbond substituents is 1. The number of halogens is 2. The van der Waals surface area contributed by atoms with Crippen molar-refractivity contribution in [2.75, 3.05) is 18.7 Å². The Hall–Kier alpha value is -1.78. The van der Waals surface area contributed by atoms with Gasteiger partial charge in [0.05, 0.1) is 12.3 Å². The van der Waals surface area contributed by atoms with Crippen molar-refractivity contribution in [3.63, 3.8) is 0 Å². The number of aromatic hydroxyl groups is 1. The number of unbranched alkanes of at least 4 members (excludes halogenated alkanes) is 9. The van der Waals surface area contributed by atoms with Gasteiger partial charge in [-0.25, -0.2) is 0 Å². The van der Waals surface area contributed by atoms with Gasteiger partial charge in [-0.2, -0.15) is 0 Å². The average molecular weight is 468 g/mol. The van der Waals surface area contributed by atoms with Crippen molar-refractivity contribution in [1.82, 2.24) is 0 Å². The number of rotatable bonds is 16. The lowest BCUT2D eigenvalue weighted by atomic mass is 10.1. The fourth-order valence-corrected chi connectivity index (χ4v) is 3.84. The summed E-state index contributed by atoms with van der Waals surface area (Å²) in [5, 5.41) is 14.1. The molecule has 0 heterocycles. The molecular weight excluding hydrogens is 433 g/mol. The second-order valence-electron chi connectivity index (χ2n) is 7.78. The summed E-state index contributed by atoms with van der Waals surface area (Å²) in [4.78, 5) is 0. The fraction of sp³-hybridized carbons (Fsp3) is 0.520. The minimum absolute atomic E-state index is 0.138. The molecule has 0 saturated heterocycles. The molecule has 0 aliphatic heterocycles. The Morgan fingerprint density at radius 2 is 1.35 bits per heavy atom. The first kappa shape index (κ1) is 25.5. The van der Waals surface area contributed by atoms with E-state index in [9.17, 15) is 5.11 Å². The lowest BCUT2D eigenvalue weighted by Crippen LogP contribution is -2.09. The van der Waals surface area contributed by atoms with Crippen molar-refractivity contribution >= 4 is 28.9 Å². The van der Waals surface area contributed by atoms with E-state index in [1.165, 1.54) is 57.8 Å². The molecule has 31 heavy (non-hydrogen) atoms. The molecule has 0 amide bonds. The Morgan fingerprint density at radius 1 is 0.742 bits per heavy atom. The van der Waals surface area contributed by atoms with Gasteiger partial charge < -0.3 is 19.9 Å². The first-order valence-electron chi connectivity index (χ1n) is 11.4. The van der Waals surface area contributed by atoms with Gasteiger partial charge in [0, 0.05) is 16.1 Å². The molecule has 0 unspecified atom stereocenters. The average Bonchev–Trinajstić information content (AvgIpc) is 2.73. The first-order valence-corrected chi connectivity index (χ1v) is 12.1. The van der Waals surface area contributed by atoms with Gasteiger partial charge in [0.2, 0.25) is 0 Å². The van der Waals surface area contributed by atoms with Crippen LogP contribution in [0.2, 0.25) is 10.0 Å². The van der Waals surface area contributed by atoms with Gasteiger partial charge >= 0.3 is 0 Å². The summed E-state index contributed by atoms with van der Waals surface area (Å²) >= 11 is 11.9. The predicted octanol–water partition coefficient (Wildman–Crippen LogP) is 8.45. The molecule has 0 spiro atoms. The molecule has 2 N–H and O–H groups in total. The van der Waals surface area contributed by atoms with E-state index >= 15 is 0 Å². The van der Waals surface area contributed by atoms with Crippen LogP contribution in [0.15, 0.2) is 36.4 Å². The van der Waals surface area contributed by atoms with Crippen LogP contribution in [-0.4, -0.2) is 18.4 Å². The third-order valence-corrected chi connectivity index (χ3v) is 5.51. The Kier molecular flexibility index (Phi) is 12.4. The van der Waals surface area contributed by atoms with E-state index in [-0.39, 0.29) is 12.5 Å². The SMILES string of the molecule is CCCCCCCCCCCCOc1ccc(O)c(NCOc2cc(Cl)cc(Cl)c2)c1. The van der Waals surface area contributed by atoms with Gasteiger partial charge in [-0.1, -0.05) is 87.9 Å². The highest BCUT2D eigenvalue weighted by Crippen LogP contribution is 2.29. The van der Waals surface area contributed by atoms with E-state index in [4.69, 9.17) is 32.7 Å². The third kappa shape index (κ3) is 10.9. The first-order chi connectivity index (χ1) is 15.1. The van der Waals surface area contributed by atoms with Gasteiger partial charge in [-0.3, -0.25) is 0 Å². The van der Waals surface area contributed by atoms with E-state index in [1.807, 2.05) is 0 Å². The maximum Gasteiger partial charge on any atom is 0.159 e. The molecule has 2 rings (SSSR count). The van der Waals surface area contributed by atoms with Crippen LogP contribution in [0.4, 0.5) is 5.69 Å². The summed E-state index contributed by atoms with van der Waals surface area (Å²) in [6.45, 7) is 3.09. The summed E-state index contributed by atoms with van der Waals surface area (Å²) in [5.41, 5.74) is 0.550. The summed E-state index contributed by atoms with van der Waals surface area (Å²) in [7, 11) is 0. The minimum Gasteiger partial charge on any atom is -0.506 e. The van der Waals surface area contributed by atoms with Crippen LogP contribution in [-0.2, 0) is 0 Å². The Balaban J connectivity index is 1.62. The topological polar surface area (TPSA) is 50.7 Å². The zero-order chi connectivity index (χ0) is 22.3. The van der Waals surface area contributed by atoms with E-state index in [0.29, 0.717) is 28.1 Å². The summed E-state index contributed by atoms with van der Waals surface area (Å²) in [6.07, 6.45) is 13.0.